The number of amides is 2. The van der Waals surface area contributed by atoms with Crippen molar-refractivity contribution < 1.29 is 9.59 Å². The Morgan fingerprint density at radius 1 is 1.04 bits per heavy atom. The summed E-state index contributed by atoms with van der Waals surface area (Å²) in [7, 11) is 0. The molecule has 0 aliphatic carbocycles. The van der Waals surface area contributed by atoms with Crippen LogP contribution in [0.5, 0.6) is 0 Å². The molecule has 2 atom stereocenters. The van der Waals surface area contributed by atoms with Gasteiger partial charge < -0.3 is 16.4 Å². The van der Waals surface area contributed by atoms with Crippen LogP contribution in [0.25, 0.3) is 11.1 Å². The van der Waals surface area contributed by atoms with E-state index in [1.54, 1.807) is 0 Å². The molecule has 2 rings (SSSR count). The molecule has 0 saturated heterocycles. The predicted molar refractivity (Wildman–Crippen MR) is 117 cm³/mol. The fourth-order valence-electron chi connectivity index (χ4n) is 2.73. The van der Waals surface area contributed by atoms with Gasteiger partial charge in [-0.15, -0.1) is 12.4 Å². The molecule has 0 radical (unpaired) electrons. The first kappa shape index (κ1) is 24.0. The van der Waals surface area contributed by atoms with Crippen LogP contribution in [0.4, 0.5) is 0 Å². The molecule has 2 amide bonds. The highest BCUT2D eigenvalue weighted by Gasteiger charge is 2.19. The van der Waals surface area contributed by atoms with E-state index < -0.39 is 6.04 Å². The fraction of sp³-hybridized carbons (Fsp3) is 0.333. The average molecular weight is 424 g/mol. The summed E-state index contributed by atoms with van der Waals surface area (Å²) in [5.74, 6) is -0.578. The molecule has 0 aliphatic heterocycles. The summed E-state index contributed by atoms with van der Waals surface area (Å²) in [5, 5.41) is 6.18. The van der Waals surface area contributed by atoms with Crippen molar-refractivity contribution in [1.82, 2.24) is 10.6 Å². The van der Waals surface area contributed by atoms with Gasteiger partial charge in [0.1, 0.15) is 0 Å². The number of hydrogen-bond acceptors (Lipinski definition) is 3. The van der Waals surface area contributed by atoms with Gasteiger partial charge >= 0.3 is 0 Å². The molecule has 0 bridgehead atoms. The van der Waals surface area contributed by atoms with Crippen LogP contribution in [0, 0.1) is 5.92 Å². The zero-order valence-corrected chi connectivity index (χ0v) is 17.8. The molecule has 2 aromatic rings. The van der Waals surface area contributed by atoms with Crippen LogP contribution in [0.15, 0.2) is 48.5 Å². The lowest BCUT2D eigenvalue weighted by Crippen LogP contribution is -2.47. The number of rotatable bonds is 7. The second kappa shape index (κ2) is 11.1. The first-order chi connectivity index (χ1) is 12.8. The zero-order chi connectivity index (χ0) is 20.0. The van der Waals surface area contributed by atoms with Crippen molar-refractivity contribution in [3.63, 3.8) is 0 Å². The summed E-state index contributed by atoms with van der Waals surface area (Å²) in [6.07, 6.45) is 0. The molecule has 0 saturated carbocycles. The van der Waals surface area contributed by atoms with Crippen molar-refractivity contribution in [2.45, 2.75) is 32.9 Å². The van der Waals surface area contributed by atoms with Gasteiger partial charge in [-0.2, -0.15) is 0 Å². The second-order valence-corrected chi connectivity index (χ2v) is 7.31. The van der Waals surface area contributed by atoms with E-state index in [1.165, 1.54) is 0 Å². The van der Waals surface area contributed by atoms with E-state index in [1.807, 2.05) is 69.3 Å². The standard InChI is InChI=1S/C21H26ClN3O2.ClH/c1-13(2)20(23)21(27)24-12-19(26)25-14(3)17-6-4-5-7-18(17)15-8-10-16(22)11-9-15;/h4-11,13-14,20H,12,23H2,1-3H3,(H,24,27)(H,25,26);1H/t14?,20-;/m0./s1. The number of nitrogens with one attached hydrogen (secondary N) is 2. The van der Waals surface area contributed by atoms with Crippen LogP contribution in [-0.2, 0) is 9.59 Å². The first-order valence-corrected chi connectivity index (χ1v) is 9.35. The number of halogens is 2. The minimum absolute atomic E-state index is 0. The quantitative estimate of drug-likeness (QED) is 0.634. The molecule has 0 fully saturated rings. The number of carbonyl (C=O) groups is 2. The summed E-state index contributed by atoms with van der Waals surface area (Å²) >= 11 is 5.97. The maximum Gasteiger partial charge on any atom is 0.239 e. The molecule has 0 heterocycles. The van der Waals surface area contributed by atoms with Crippen molar-refractivity contribution in [1.29, 1.82) is 0 Å². The Morgan fingerprint density at radius 3 is 2.25 bits per heavy atom. The summed E-state index contributed by atoms with van der Waals surface area (Å²) in [6, 6.07) is 14.6. The summed E-state index contributed by atoms with van der Waals surface area (Å²) in [6.45, 7) is 5.53. The number of hydrogen-bond donors (Lipinski definition) is 3. The lowest BCUT2D eigenvalue weighted by Gasteiger charge is -2.19. The van der Waals surface area contributed by atoms with Crippen LogP contribution in [0.2, 0.25) is 5.02 Å². The Kier molecular flexibility index (Phi) is 9.46. The summed E-state index contributed by atoms with van der Waals surface area (Å²) in [5.41, 5.74) is 8.81. The van der Waals surface area contributed by atoms with Crippen LogP contribution in [0.1, 0.15) is 32.4 Å². The molecule has 28 heavy (non-hydrogen) atoms. The Balaban J connectivity index is 0.00000392. The van der Waals surface area contributed by atoms with E-state index in [4.69, 9.17) is 17.3 Å². The van der Waals surface area contributed by atoms with E-state index in [-0.39, 0.29) is 42.7 Å². The van der Waals surface area contributed by atoms with E-state index >= 15 is 0 Å². The van der Waals surface area contributed by atoms with Crippen LogP contribution < -0.4 is 16.4 Å². The molecule has 1 unspecified atom stereocenters. The predicted octanol–water partition coefficient (Wildman–Crippen LogP) is 3.71. The molecule has 4 N–H and O–H groups in total. The van der Waals surface area contributed by atoms with Crippen molar-refractivity contribution >= 4 is 35.8 Å². The van der Waals surface area contributed by atoms with Crippen molar-refractivity contribution in [2.75, 3.05) is 6.54 Å². The highest BCUT2D eigenvalue weighted by atomic mass is 35.5. The Hall–Kier alpha value is -2.08. The summed E-state index contributed by atoms with van der Waals surface area (Å²) < 4.78 is 0. The SMILES string of the molecule is CC(NC(=O)CNC(=O)[C@@H](N)C(C)C)c1ccccc1-c1ccc(Cl)cc1.Cl. The number of carbonyl (C=O) groups excluding carboxylic acids is 2. The van der Waals surface area contributed by atoms with Crippen LogP contribution >= 0.6 is 24.0 Å². The largest absolute Gasteiger partial charge is 0.348 e. The zero-order valence-electron chi connectivity index (χ0n) is 16.2. The minimum atomic E-state index is -0.624. The fourth-order valence-corrected chi connectivity index (χ4v) is 2.85. The lowest BCUT2D eigenvalue weighted by atomic mass is 9.95. The highest BCUT2D eigenvalue weighted by Crippen LogP contribution is 2.29. The second-order valence-electron chi connectivity index (χ2n) is 6.87. The lowest BCUT2D eigenvalue weighted by molar-refractivity contribution is -0.127. The van der Waals surface area contributed by atoms with Gasteiger partial charge in [0.2, 0.25) is 11.8 Å². The monoisotopic (exact) mass is 423 g/mol. The third-order valence-electron chi connectivity index (χ3n) is 4.40. The molecule has 2 aromatic carbocycles. The molecular weight excluding hydrogens is 397 g/mol. The molecule has 152 valence electrons. The highest BCUT2D eigenvalue weighted by molar-refractivity contribution is 6.30. The molecule has 5 nitrogen and oxygen atoms in total. The number of benzene rings is 2. The van der Waals surface area contributed by atoms with E-state index in [0.29, 0.717) is 5.02 Å². The molecule has 0 aromatic heterocycles. The normalized spacial score (nSPS) is 12.6. The minimum Gasteiger partial charge on any atom is -0.348 e. The van der Waals surface area contributed by atoms with Crippen molar-refractivity contribution in [3.8, 4) is 11.1 Å². The average Bonchev–Trinajstić information content (AvgIpc) is 2.66. The Morgan fingerprint density at radius 2 is 1.64 bits per heavy atom. The van der Waals surface area contributed by atoms with E-state index in [2.05, 4.69) is 10.6 Å². The molecule has 7 heteroatoms. The van der Waals surface area contributed by atoms with Gasteiger partial charge in [-0.3, -0.25) is 9.59 Å². The van der Waals surface area contributed by atoms with Gasteiger partial charge in [-0.05, 0) is 41.7 Å². The van der Waals surface area contributed by atoms with E-state index in [0.717, 1.165) is 16.7 Å². The third-order valence-corrected chi connectivity index (χ3v) is 4.66. The number of nitrogens with two attached hydrogens (primary N) is 1. The van der Waals surface area contributed by atoms with Gasteiger partial charge in [0.25, 0.3) is 0 Å². The maximum absolute atomic E-state index is 12.2. The van der Waals surface area contributed by atoms with Crippen LogP contribution in [0.3, 0.4) is 0 Å². The van der Waals surface area contributed by atoms with Gasteiger partial charge in [-0.25, -0.2) is 0 Å². The van der Waals surface area contributed by atoms with Crippen molar-refractivity contribution in [2.24, 2.45) is 11.7 Å². The maximum atomic E-state index is 12.2. The van der Waals surface area contributed by atoms with Gasteiger partial charge in [0.05, 0.1) is 18.6 Å². The first-order valence-electron chi connectivity index (χ1n) is 8.97. The molecule has 0 spiro atoms. The topological polar surface area (TPSA) is 84.2 Å². The van der Waals surface area contributed by atoms with Crippen molar-refractivity contribution in [3.05, 3.63) is 59.1 Å². The van der Waals surface area contributed by atoms with Gasteiger partial charge in [0, 0.05) is 5.02 Å². The van der Waals surface area contributed by atoms with Crippen LogP contribution in [-0.4, -0.2) is 24.4 Å². The summed E-state index contributed by atoms with van der Waals surface area (Å²) in [4.78, 5) is 24.1. The van der Waals surface area contributed by atoms with E-state index in [9.17, 15) is 9.59 Å². The smallest absolute Gasteiger partial charge is 0.239 e. The molecular formula is C21H27Cl2N3O2. The third kappa shape index (κ3) is 6.51. The Bertz CT molecular complexity index is 794. The van der Waals surface area contributed by atoms with Gasteiger partial charge in [0.15, 0.2) is 0 Å². The molecule has 0 aliphatic rings. The Labute approximate surface area is 177 Å². The van der Waals surface area contributed by atoms with Gasteiger partial charge in [-0.1, -0.05) is 61.8 Å².